The summed E-state index contributed by atoms with van der Waals surface area (Å²) < 4.78 is 10.9. The molecule has 0 unspecified atom stereocenters. The van der Waals surface area contributed by atoms with E-state index in [1.807, 2.05) is 7.05 Å². The first-order chi connectivity index (χ1) is 9.33. The smallest absolute Gasteiger partial charge is 0.123 e. The molecule has 1 heterocycles. The molecule has 106 valence electrons. The highest BCUT2D eigenvalue weighted by atomic mass is 16.5. The van der Waals surface area contributed by atoms with Gasteiger partial charge in [0, 0.05) is 25.2 Å². The number of ether oxygens (including phenoxy) is 2. The number of hydrogen-bond acceptors (Lipinski definition) is 4. The zero-order valence-corrected chi connectivity index (χ0v) is 11.9. The fourth-order valence-electron chi connectivity index (χ4n) is 2.38. The van der Waals surface area contributed by atoms with Crippen LogP contribution in [0.25, 0.3) is 0 Å². The Hall–Kier alpha value is -1.10. The maximum atomic E-state index is 5.47. The summed E-state index contributed by atoms with van der Waals surface area (Å²) in [5.74, 6) is 0.986. The second-order valence-electron chi connectivity index (χ2n) is 4.89. The van der Waals surface area contributed by atoms with Crippen LogP contribution in [0.4, 0.5) is 0 Å². The van der Waals surface area contributed by atoms with Crippen molar-refractivity contribution < 1.29 is 9.47 Å². The van der Waals surface area contributed by atoms with Gasteiger partial charge in [-0.25, -0.2) is 0 Å². The predicted molar refractivity (Wildman–Crippen MR) is 76.7 cm³/mol. The van der Waals surface area contributed by atoms with Gasteiger partial charge in [0.25, 0.3) is 0 Å². The summed E-state index contributed by atoms with van der Waals surface area (Å²) in [7, 11) is 3.73. The van der Waals surface area contributed by atoms with Crippen molar-refractivity contribution in [3.63, 3.8) is 0 Å². The number of morpholine rings is 1. The van der Waals surface area contributed by atoms with Crippen LogP contribution in [0.15, 0.2) is 18.2 Å². The fraction of sp³-hybridized carbons (Fsp3) is 0.600. The second kappa shape index (κ2) is 7.48. The van der Waals surface area contributed by atoms with E-state index in [9.17, 15) is 0 Å². The highest BCUT2D eigenvalue weighted by molar-refractivity contribution is 5.37. The van der Waals surface area contributed by atoms with Crippen molar-refractivity contribution in [3.8, 4) is 5.75 Å². The van der Waals surface area contributed by atoms with Crippen LogP contribution in [0.3, 0.4) is 0 Å². The van der Waals surface area contributed by atoms with Crippen molar-refractivity contribution in [1.29, 1.82) is 0 Å². The molecule has 1 aliphatic heterocycles. The van der Waals surface area contributed by atoms with Crippen molar-refractivity contribution >= 4 is 0 Å². The van der Waals surface area contributed by atoms with E-state index < -0.39 is 0 Å². The van der Waals surface area contributed by atoms with Gasteiger partial charge in [-0.1, -0.05) is 12.1 Å². The lowest BCUT2D eigenvalue weighted by atomic mass is 10.1. The van der Waals surface area contributed by atoms with E-state index in [4.69, 9.17) is 9.47 Å². The van der Waals surface area contributed by atoms with Gasteiger partial charge in [0.15, 0.2) is 0 Å². The van der Waals surface area contributed by atoms with Crippen LogP contribution < -0.4 is 10.1 Å². The number of nitrogens with zero attached hydrogens (tertiary/aromatic N) is 1. The third-order valence-electron chi connectivity index (χ3n) is 3.51. The third-order valence-corrected chi connectivity index (χ3v) is 3.51. The minimum atomic E-state index is 0.835. The van der Waals surface area contributed by atoms with Crippen LogP contribution in [-0.4, -0.2) is 51.9 Å². The van der Waals surface area contributed by atoms with E-state index in [0.29, 0.717) is 0 Å². The van der Waals surface area contributed by atoms with Gasteiger partial charge in [-0.05, 0) is 31.6 Å². The maximum Gasteiger partial charge on any atom is 0.123 e. The van der Waals surface area contributed by atoms with Crippen molar-refractivity contribution in [2.24, 2.45) is 0 Å². The molecule has 1 aromatic rings. The summed E-state index contributed by atoms with van der Waals surface area (Å²) >= 11 is 0. The Morgan fingerprint density at radius 1 is 1.32 bits per heavy atom. The number of hydrogen-bond donors (Lipinski definition) is 1. The Kier molecular flexibility index (Phi) is 5.63. The van der Waals surface area contributed by atoms with Crippen molar-refractivity contribution in [2.75, 3.05) is 47.0 Å². The first kappa shape index (κ1) is 14.3. The van der Waals surface area contributed by atoms with Gasteiger partial charge in [-0.3, -0.25) is 4.90 Å². The summed E-state index contributed by atoms with van der Waals surface area (Å²) in [6.07, 6.45) is 1.05. The minimum absolute atomic E-state index is 0.835. The largest absolute Gasteiger partial charge is 0.496 e. The zero-order chi connectivity index (χ0) is 13.5. The molecule has 1 N–H and O–H groups in total. The molecule has 2 rings (SSSR count). The van der Waals surface area contributed by atoms with Gasteiger partial charge in [0.05, 0.1) is 20.3 Å². The molecular formula is C15H24N2O2. The lowest BCUT2D eigenvalue weighted by Crippen LogP contribution is -2.35. The van der Waals surface area contributed by atoms with E-state index in [-0.39, 0.29) is 0 Å². The molecule has 0 amide bonds. The summed E-state index contributed by atoms with van der Waals surface area (Å²) in [5, 5.41) is 3.19. The molecule has 1 aliphatic rings. The number of likely N-dealkylation sites (N-methyl/N-ethyl adjacent to an activating group) is 1. The molecule has 19 heavy (non-hydrogen) atoms. The van der Waals surface area contributed by atoms with Gasteiger partial charge in [-0.2, -0.15) is 0 Å². The summed E-state index contributed by atoms with van der Waals surface area (Å²) in [5.41, 5.74) is 2.64. The highest BCUT2D eigenvalue weighted by Gasteiger charge is 2.13. The number of nitrogens with one attached hydrogen (secondary N) is 1. The molecule has 0 radical (unpaired) electrons. The van der Waals surface area contributed by atoms with Crippen LogP contribution >= 0.6 is 0 Å². The maximum absolute atomic E-state index is 5.47. The van der Waals surface area contributed by atoms with Crippen molar-refractivity contribution in [2.45, 2.75) is 13.0 Å². The van der Waals surface area contributed by atoms with Crippen LogP contribution in [0, 0.1) is 0 Å². The van der Waals surface area contributed by atoms with Crippen LogP contribution in [-0.2, 0) is 17.7 Å². The SMILES string of the molecule is CNCCc1ccc(OC)c(CN2CCOCC2)c1. The Labute approximate surface area is 115 Å². The lowest BCUT2D eigenvalue weighted by Gasteiger charge is -2.27. The zero-order valence-electron chi connectivity index (χ0n) is 11.9. The molecule has 0 saturated carbocycles. The standard InChI is InChI=1S/C15H24N2O2/c1-16-6-5-13-3-4-15(18-2)14(11-13)12-17-7-9-19-10-8-17/h3-4,11,16H,5-10,12H2,1-2H3. The van der Waals surface area contributed by atoms with E-state index >= 15 is 0 Å². The fourth-order valence-corrected chi connectivity index (χ4v) is 2.38. The van der Waals surface area contributed by atoms with E-state index in [0.717, 1.165) is 51.6 Å². The lowest BCUT2D eigenvalue weighted by molar-refractivity contribution is 0.0339. The molecule has 0 bridgehead atoms. The predicted octanol–water partition coefficient (Wildman–Crippen LogP) is 1.29. The minimum Gasteiger partial charge on any atom is -0.496 e. The molecule has 0 atom stereocenters. The van der Waals surface area contributed by atoms with E-state index in [1.54, 1.807) is 7.11 Å². The van der Waals surface area contributed by atoms with E-state index in [1.165, 1.54) is 11.1 Å². The monoisotopic (exact) mass is 264 g/mol. The first-order valence-electron chi connectivity index (χ1n) is 6.94. The Morgan fingerprint density at radius 3 is 2.79 bits per heavy atom. The molecule has 4 nitrogen and oxygen atoms in total. The average Bonchev–Trinajstić information content (AvgIpc) is 2.46. The van der Waals surface area contributed by atoms with Crippen LogP contribution in [0.5, 0.6) is 5.75 Å². The molecular weight excluding hydrogens is 240 g/mol. The average molecular weight is 264 g/mol. The highest BCUT2D eigenvalue weighted by Crippen LogP contribution is 2.22. The van der Waals surface area contributed by atoms with Gasteiger partial charge >= 0.3 is 0 Å². The van der Waals surface area contributed by atoms with E-state index in [2.05, 4.69) is 28.4 Å². The summed E-state index contributed by atoms with van der Waals surface area (Å²) in [6, 6.07) is 6.51. The summed E-state index contributed by atoms with van der Waals surface area (Å²) in [4.78, 5) is 2.42. The van der Waals surface area contributed by atoms with Crippen molar-refractivity contribution in [1.82, 2.24) is 10.2 Å². The quantitative estimate of drug-likeness (QED) is 0.839. The number of benzene rings is 1. The molecule has 1 saturated heterocycles. The topological polar surface area (TPSA) is 33.7 Å². The number of rotatable bonds is 6. The van der Waals surface area contributed by atoms with Gasteiger partial charge in [-0.15, -0.1) is 0 Å². The molecule has 0 spiro atoms. The Morgan fingerprint density at radius 2 is 2.11 bits per heavy atom. The Balaban J connectivity index is 2.06. The number of methoxy groups -OCH3 is 1. The summed E-state index contributed by atoms with van der Waals surface area (Å²) in [6.45, 7) is 5.63. The van der Waals surface area contributed by atoms with Gasteiger partial charge in [0.1, 0.15) is 5.75 Å². The van der Waals surface area contributed by atoms with Gasteiger partial charge < -0.3 is 14.8 Å². The molecule has 4 heteroatoms. The van der Waals surface area contributed by atoms with Crippen molar-refractivity contribution in [3.05, 3.63) is 29.3 Å². The molecule has 0 aliphatic carbocycles. The van der Waals surface area contributed by atoms with Crippen LogP contribution in [0.1, 0.15) is 11.1 Å². The molecule has 1 aromatic carbocycles. The first-order valence-corrected chi connectivity index (χ1v) is 6.94. The van der Waals surface area contributed by atoms with Gasteiger partial charge in [0.2, 0.25) is 0 Å². The second-order valence-corrected chi connectivity index (χ2v) is 4.89. The third kappa shape index (κ3) is 4.20. The Bertz CT molecular complexity index is 390. The molecule has 0 aromatic heterocycles. The van der Waals surface area contributed by atoms with Crippen LogP contribution in [0.2, 0.25) is 0 Å². The molecule has 1 fully saturated rings. The normalized spacial score (nSPS) is 16.5.